The summed E-state index contributed by atoms with van der Waals surface area (Å²) in [5.41, 5.74) is -0.304. The molecule has 0 radical (unpaired) electrons. The van der Waals surface area contributed by atoms with Gasteiger partial charge in [0.2, 0.25) is 0 Å². The van der Waals surface area contributed by atoms with E-state index in [4.69, 9.17) is 9.84 Å². The van der Waals surface area contributed by atoms with Crippen molar-refractivity contribution in [3.8, 4) is 0 Å². The lowest BCUT2D eigenvalue weighted by molar-refractivity contribution is -0.0490. The summed E-state index contributed by atoms with van der Waals surface area (Å²) >= 11 is 0. The second-order valence-corrected chi connectivity index (χ2v) is 3.90. The quantitative estimate of drug-likeness (QED) is 0.618. The predicted octanol–water partition coefficient (Wildman–Crippen LogP) is 1.02. The molecule has 0 aliphatic heterocycles. The summed E-state index contributed by atoms with van der Waals surface area (Å²) in [4.78, 5) is 0. The first-order valence-electron chi connectivity index (χ1n) is 4.57. The number of ether oxygens (including phenoxy) is 1. The van der Waals surface area contributed by atoms with Crippen molar-refractivity contribution in [3.05, 3.63) is 0 Å². The average Bonchev–Trinajstić information content (AvgIpc) is 2.13. The van der Waals surface area contributed by atoms with Crippen LogP contribution in [-0.2, 0) is 4.74 Å². The second kappa shape index (κ2) is 5.58. The Bertz CT molecular complexity index is 145. The molecule has 2 N–H and O–H groups in total. The average molecular weight is 211 g/mol. The molecule has 3 nitrogen and oxygen atoms in total. The van der Waals surface area contributed by atoms with Gasteiger partial charge in [-0.25, -0.2) is 8.78 Å². The Kier molecular flexibility index (Phi) is 5.48. The normalized spacial score (nSPS) is 13.3. The molecule has 0 aromatic rings. The van der Waals surface area contributed by atoms with Gasteiger partial charge in [0.15, 0.2) is 0 Å². The lowest BCUT2D eigenvalue weighted by atomic mass is 10.1. The van der Waals surface area contributed by atoms with Crippen molar-refractivity contribution in [1.82, 2.24) is 5.32 Å². The van der Waals surface area contributed by atoms with Crippen molar-refractivity contribution >= 4 is 0 Å². The van der Waals surface area contributed by atoms with Gasteiger partial charge in [-0.05, 0) is 26.8 Å². The fourth-order valence-electron chi connectivity index (χ4n) is 0.819. The highest BCUT2D eigenvalue weighted by Crippen LogP contribution is 2.13. The Morgan fingerprint density at radius 2 is 1.93 bits per heavy atom. The van der Waals surface area contributed by atoms with E-state index in [1.54, 1.807) is 7.11 Å². The van der Waals surface area contributed by atoms with E-state index in [1.165, 1.54) is 0 Å². The van der Waals surface area contributed by atoms with Crippen LogP contribution in [0.1, 0.15) is 20.3 Å². The van der Waals surface area contributed by atoms with Crippen molar-refractivity contribution in [2.24, 2.45) is 0 Å². The van der Waals surface area contributed by atoms with Crippen molar-refractivity contribution in [2.45, 2.75) is 31.8 Å². The molecule has 0 saturated carbocycles. The molecule has 0 aromatic heterocycles. The molecule has 0 rings (SSSR count). The monoisotopic (exact) mass is 211 g/mol. The number of halogens is 2. The number of hydrogen-bond donors (Lipinski definition) is 2. The van der Waals surface area contributed by atoms with Crippen LogP contribution in [0.5, 0.6) is 0 Å². The molecule has 0 aromatic carbocycles. The highest BCUT2D eigenvalue weighted by Gasteiger charge is 2.27. The first-order chi connectivity index (χ1) is 6.33. The molecule has 0 saturated heterocycles. The molecule has 0 aliphatic rings. The van der Waals surface area contributed by atoms with Crippen LogP contribution in [0, 0.1) is 0 Å². The van der Waals surface area contributed by atoms with Crippen LogP contribution in [0.15, 0.2) is 0 Å². The Morgan fingerprint density at radius 3 is 2.36 bits per heavy atom. The fourth-order valence-corrected chi connectivity index (χ4v) is 0.819. The van der Waals surface area contributed by atoms with E-state index < -0.39 is 19.1 Å². The first kappa shape index (κ1) is 13.7. The molecule has 0 atom stereocenters. The fraction of sp³-hybridized carbons (Fsp3) is 1.00. The molecular weight excluding hydrogens is 192 g/mol. The smallest absolute Gasteiger partial charge is 0.282 e. The van der Waals surface area contributed by atoms with Crippen molar-refractivity contribution < 1.29 is 18.6 Å². The van der Waals surface area contributed by atoms with Gasteiger partial charge in [-0.2, -0.15) is 0 Å². The van der Waals surface area contributed by atoms with Gasteiger partial charge < -0.3 is 15.2 Å². The van der Waals surface area contributed by atoms with E-state index in [-0.39, 0.29) is 5.60 Å². The van der Waals surface area contributed by atoms with Gasteiger partial charge in [-0.3, -0.25) is 0 Å². The maximum atomic E-state index is 12.5. The van der Waals surface area contributed by atoms with Gasteiger partial charge in [0.05, 0.1) is 12.1 Å². The number of hydrogen-bond acceptors (Lipinski definition) is 3. The second-order valence-electron chi connectivity index (χ2n) is 3.90. The molecule has 0 heterocycles. The van der Waals surface area contributed by atoms with Gasteiger partial charge in [0, 0.05) is 7.11 Å². The van der Waals surface area contributed by atoms with Crippen molar-refractivity contribution in [3.63, 3.8) is 0 Å². The minimum absolute atomic E-state index is 0.304. The van der Waals surface area contributed by atoms with Crippen molar-refractivity contribution in [1.29, 1.82) is 0 Å². The molecule has 0 aliphatic carbocycles. The zero-order valence-corrected chi connectivity index (χ0v) is 8.94. The summed E-state index contributed by atoms with van der Waals surface area (Å²) in [5.74, 6) is -3.03. The molecule has 14 heavy (non-hydrogen) atoms. The third-order valence-corrected chi connectivity index (χ3v) is 2.07. The number of aliphatic hydroxyl groups is 1. The Labute approximate surface area is 83.4 Å². The van der Waals surface area contributed by atoms with E-state index >= 15 is 0 Å². The predicted molar refractivity (Wildman–Crippen MR) is 50.6 cm³/mol. The van der Waals surface area contributed by atoms with Crippen LogP contribution in [0.3, 0.4) is 0 Å². The van der Waals surface area contributed by atoms with E-state index in [0.29, 0.717) is 13.0 Å². The van der Waals surface area contributed by atoms with Gasteiger partial charge >= 0.3 is 0 Å². The molecule has 0 amide bonds. The third kappa shape index (κ3) is 6.23. The molecule has 86 valence electrons. The zero-order valence-electron chi connectivity index (χ0n) is 8.94. The van der Waals surface area contributed by atoms with Gasteiger partial charge in [-0.15, -0.1) is 0 Å². The van der Waals surface area contributed by atoms with Gasteiger partial charge in [-0.1, -0.05) is 0 Å². The SMILES string of the molecule is COC(C)(C)CCNCC(F)(F)CO. The van der Waals surface area contributed by atoms with Crippen LogP contribution in [0.2, 0.25) is 0 Å². The molecule has 0 spiro atoms. The number of methoxy groups -OCH3 is 1. The van der Waals surface area contributed by atoms with Crippen molar-refractivity contribution in [2.75, 3.05) is 26.8 Å². The number of nitrogens with one attached hydrogen (secondary N) is 1. The Balaban J connectivity index is 3.57. The molecule has 0 fully saturated rings. The lowest BCUT2D eigenvalue weighted by Gasteiger charge is -2.23. The van der Waals surface area contributed by atoms with E-state index in [0.717, 1.165) is 0 Å². The highest BCUT2D eigenvalue weighted by molar-refractivity contribution is 4.72. The Morgan fingerprint density at radius 1 is 1.36 bits per heavy atom. The maximum absolute atomic E-state index is 12.5. The third-order valence-electron chi connectivity index (χ3n) is 2.07. The number of rotatable bonds is 7. The van der Waals surface area contributed by atoms with Gasteiger partial charge in [0.25, 0.3) is 5.92 Å². The lowest BCUT2D eigenvalue weighted by Crippen LogP contribution is -2.38. The minimum Gasteiger partial charge on any atom is -0.390 e. The summed E-state index contributed by atoms with van der Waals surface area (Å²) in [7, 11) is 1.59. The standard InChI is InChI=1S/C9H19F2NO2/c1-8(2,14-3)4-5-12-6-9(10,11)7-13/h12-13H,4-7H2,1-3H3. The van der Waals surface area contributed by atoms with E-state index in [1.807, 2.05) is 13.8 Å². The molecule has 0 bridgehead atoms. The number of alkyl halides is 2. The van der Waals surface area contributed by atoms with Crippen LogP contribution in [0.25, 0.3) is 0 Å². The van der Waals surface area contributed by atoms with Crippen LogP contribution >= 0.6 is 0 Å². The molecule has 0 unspecified atom stereocenters. The zero-order chi connectivity index (χ0) is 11.2. The minimum atomic E-state index is -3.03. The number of aliphatic hydroxyl groups excluding tert-OH is 1. The topological polar surface area (TPSA) is 41.5 Å². The molecule has 5 heteroatoms. The first-order valence-corrected chi connectivity index (χ1v) is 4.57. The summed E-state index contributed by atoms with van der Waals surface area (Å²) in [6.45, 7) is 2.60. The Hall–Kier alpha value is -0.260. The van der Waals surface area contributed by atoms with Crippen LogP contribution in [-0.4, -0.2) is 43.4 Å². The summed E-state index contributed by atoms with van der Waals surface area (Å²) in [6.07, 6.45) is 0.644. The maximum Gasteiger partial charge on any atom is 0.282 e. The van der Waals surface area contributed by atoms with Gasteiger partial charge in [0.1, 0.15) is 6.61 Å². The van der Waals surface area contributed by atoms with Crippen LogP contribution < -0.4 is 5.32 Å². The highest BCUT2D eigenvalue weighted by atomic mass is 19.3. The molecular formula is C9H19F2NO2. The largest absolute Gasteiger partial charge is 0.390 e. The summed E-state index contributed by atoms with van der Waals surface area (Å²) in [5, 5.41) is 10.9. The van der Waals surface area contributed by atoms with Crippen LogP contribution in [0.4, 0.5) is 8.78 Å². The van der Waals surface area contributed by atoms with E-state index in [2.05, 4.69) is 5.32 Å². The van der Waals surface area contributed by atoms with E-state index in [9.17, 15) is 8.78 Å². The summed E-state index contributed by atoms with van der Waals surface area (Å²) in [6, 6.07) is 0. The summed E-state index contributed by atoms with van der Waals surface area (Å²) < 4.78 is 30.1.